The van der Waals surface area contributed by atoms with Gasteiger partial charge in [-0.3, -0.25) is 4.90 Å². The molecule has 21 heavy (non-hydrogen) atoms. The number of nitrogens with one attached hydrogen (secondary N) is 1. The van der Waals surface area contributed by atoms with Gasteiger partial charge in [0.2, 0.25) is 5.82 Å². The van der Waals surface area contributed by atoms with E-state index >= 15 is 0 Å². The Morgan fingerprint density at radius 1 is 1.24 bits per heavy atom. The summed E-state index contributed by atoms with van der Waals surface area (Å²) in [6, 6.07) is 0.281. The SMILES string of the molecule is CCNCC(C)C(C)N1CCn2c(nnc2C(F)(F)F)C1. The molecule has 1 aliphatic heterocycles. The molecule has 0 amide bonds. The molecule has 0 aliphatic carbocycles. The van der Waals surface area contributed by atoms with Crippen molar-refractivity contribution in [1.82, 2.24) is 25.0 Å². The third-order valence-corrected chi connectivity index (χ3v) is 4.15. The molecule has 1 aromatic heterocycles. The largest absolute Gasteiger partial charge is 0.451 e. The zero-order valence-corrected chi connectivity index (χ0v) is 12.6. The van der Waals surface area contributed by atoms with Gasteiger partial charge in [0, 0.05) is 19.1 Å². The van der Waals surface area contributed by atoms with Crippen molar-refractivity contribution in [3.8, 4) is 0 Å². The molecule has 1 aromatic rings. The molecule has 2 rings (SSSR count). The lowest BCUT2D eigenvalue weighted by molar-refractivity contribution is -0.148. The van der Waals surface area contributed by atoms with Crippen LogP contribution in [0.1, 0.15) is 32.4 Å². The molecule has 2 heterocycles. The van der Waals surface area contributed by atoms with E-state index in [1.54, 1.807) is 0 Å². The van der Waals surface area contributed by atoms with E-state index in [0.717, 1.165) is 13.1 Å². The molecular weight excluding hydrogens is 283 g/mol. The van der Waals surface area contributed by atoms with Gasteiger partial charge in [0.15, 0.2) is 0 Å². The maximum absolute atomic E-state index is 12.8. The van der Waals surface area contributed by atoms with Gasteiger partial charge < -0.3 is 9.88 Å². The van der Waals surface area contributed by atoms with Crippen molar-refractivity contribution >= 4 is 0 Å². The molecular formula is C13H22F3N5. The molecule has 5 nitrogen and oxygen atoms in total. The lowest BCUT2D eigenvalue weighted by Crippen LogP contribution is -2.45. The molecule has 0 aromatic carbocycles. The van der Waals surface area contributed by atoms with Gasteiger partial charge in [-0.25, -0.2) is 0 Å². The number of hydrogen-bond acceptors (Lipinski definition) is 4. The maximum Gasteiger partial charge on any atom is 0.451 e. The second-order valence-electron chi connectivity index (χ2n) is 5.59. The van der Waals surface area contributed by atoms with Crippen LogP contribution in [-0.2, 0) is 19.3 Å². The van der Waals surface area contributed by atoms with Crippen LogP contribution < -0.4 is 5.32 Å². The number of nitrogens with zero attached hydrogens (tertiary/aromatic N) is 4. The van der Waals surface area contributed by atoms with Crippen LogP contribution in [0.4, 0.5) is 13.2 Å². The minimum atomic E-state index is -4.43. The summed E-state index contributed by atoms with van der Waals surface area (Å²) in [7, 11) is 0. The minimum Gasteiger partial charge on any atom is -0.317 e. The van der Waals surface area contributed by atoms with Gasteiger partial charge in [0.05, 0.1) is 6.54 Å². The van der Waals surface area contributed by atoms with E-state index in [-0.39, 0.29) is 12.6 Å². The van der Waals surface area contributed by atoms with Gasteiger partial charge in [-0.15, -0.1) is 10.2 Å². The zero-order valence-electron chi connectivity index (χ0n) is 12.6. The zero-order chi connectivity index (χ0) is 15.6. The summed E-state index contributed by atoms with van der Waals surface area (Å²) in [5.74, 6) is -0.0666. The van der Waals surface area contributed by atoms with E-state index in [1.165, 1.54) is 4.57 Å². The Morgan fingerprint density at radius 3 is 2.57 bits per heavy atom. The lowest BCUT2D eigenvalue weighted by Gasteiger charge is -2.36. The molecule has 1 N–H and O–H groups in total. The molecule has 1 aliphatic rings. The van der Waals surface area contributed by atoms with Gasteiger partial charge in [-0.2, -0.15) is 13.2 Å². The second kappa shape index (κ2) is 6.31. The topological polar surface area (TPSA) is 46.0 Å². The van der Waals surface area contributed by atoms with Crippen LogP contribution in [0.3, 0.4) is 0 Å². The van der Waals surface area contributed by atoms with Crippen molar-refractivity contribution in [1.29, 1.82) is 0 Å². The van der Waals surface area contributed by atoms with Crippen LogP contribution in [0.15, 0.2) is 0 Å². The maximum atomic E-state index is 12.8. The monoisotopic (exact) mass is 305 g/mol. The average molecular weight is 305 g/mol. The van der Waals surface area contributed by atoms with Crippen molar-refractivity contribution < 1.29 is 13.2 Å². The fourth-order valence-electron chi connectivity index (χ4n) is 2.64. The quantitative estimate of drug-likeness (QED) is 0.900. The highest BCUT2D eigenvalue weighted by Crippen LogP contribution is 2.30. The summed E-state index contributed by atoms with van der Waals surface area (Å²) < 4.78 is 39.6. The van der Waals surface area contributed by atoms with E-state index in [4.69, 9.17) is 0 Å². The number of fused-ring (bicyclic) bond motifs is 1. The molecule has 8 heteroatoms. The number of halogens is 3. The van der Waals surface area contributed by atoms with E-state index in [0.29, 0.717) is 24.8 Å². The summed E-state index contributed by atoms with van der Waals surface area (Å²) in [5.41, 5.74) is 0. The Morgan fingerprint density at radius 2 is 1.95 bits per heavy atom. The van der Waals surface area contributed by atoms with Crippen LogP contribution in [-0.4, -0.2) is 45.3 Å². The molecule has 2 atom stereocenters. The van der Waals surface area contributed by atoms with Gasteiger partial charge in [-0.1, -0.05) is 13.8 Å². The summed E-state index contributed by atoms with van der Waals surface area (Å²) in [5, 5.41) is 10.3. The fourth-order valence-corrected chi connectivity index (χ4v) is 2.64. The van der Waals surface area contributed by atoms with Crippen molar-refractivity contribution in [2.75, 3.05) is 19.6 Å². The minimum absolute atomic E-state index is 0.281. The van der Waals surface area contributed by atoms with Crippen LogP contribution in [0.2, 0.25) is 0 Å². The van der Waals surface area contributed by atoms with E-state index in [9.17, 15) is 13.2 Å². The van der Waals surface area contributed by atoms with Crippen LogP contribution in [0.5, 0.6) is 0 Å². The van der Waals surface area contributed by atoms with Crippen LogP contribution in [0, 0.1) is 5.92 Å². The first-order valence-electron chi connectivity index (χ1n) is 7.28. The fraction of sp³-hybridized carbons (Fsp3) is 0.846. The predicted molar refractivity (Wildman–Crippen MR) is 72.6 cm³/mol. The third kappa shape index (κ3) is 3.55. The number of hydrogen-bond donors (Lipinski definition) is 1. The smallest absolute Gasteiger partial charge is 0.317 e. The first-order chi connectivity index (χ1) is 9.84. The standard InChI is InChI=1S/C13H22F3N5/c1-4-17-7-9(2)10(3)20-5-6-21-11(8-20)18-19-12(21)13(14,15)16/h9-10,17H,4-8H2,1-3H3. The Balaban J connectivity index is 2.05. The first kappa shape index (κ1) is 16.2. The Kier molecular flexibility index (Phi) is 4.88. The lowest BCUT2D eigenvalue weighted by atomic mass is 10.0. The van der Waals surface area contributed by atoms with E-state index in [2.05, 4.69) is 41.2 Å². The van der Waals surface area contributed by atoms with Gasteiger partial charge >= 0.3 is 6.18 Å². The Hall–Kier alpha value is -1.15. The van der Waals surface area contributed by atoms with E-state index in [1.807, 2.05) is 0 Å². The summed E-state index contributed by atoms with van der Waals surface area (Å²) in [4.78, 5) is 2.17. The number of aromatic nitrogens is 3. The molecule has 0 saturated heterocycles. The molecule has 120 valence electrons. The molecule has 0 fully saturated rings. The van der Waals surface area contributed by atoms with E-state index < -0.39 is 12.0 Å². The Labute approximate surface area is 122 Å². The summed E-state index contributed by atoms with van der Waals surface area (Å²) >= 11 is 0. The van der Waals surface area contributed by atoms with Crippen molar-refractivity contribution in [2.24, 2.45) is 5.92 Å². The highest BCUT2D eigenvalue weighted by Gasteiger charge is 2.40. The highest BCUT2D eigenvalue weighted by atomic mass is 19.4. The second-order valence-corrected chi connectivity index (χ2v) is 5.59. The number of alkyl halides is 3. The summed E-state index contributed by atoms with van der Waals surface area (Å²) in [6.45, 7) is 9.42. The molecule has 0 bridgehead atoms. The molecule has 0 saturated carbocycles. The third-order valence-electron chi connectivity index (χ3n) is 4.15. The van der Waals surface area contributed by atoms with Gasteiger partial charge in [0.25, 0.3) is 0 Å². The number of rotatable bonds is 5. The highest BCUT2D eigenvalue weighted by molar-refractivity contribution is 5.02. The van der Waals surface area contributed by atoms with Gasteiger partial charge in [0.1, 0.15) is 5.82 Å². The van der Waals surface area contributed by atoms with Crippen LogP contribution in [0.25, 0.3) is 0 Å². The molecule has 0 spiro atoms. The van der Waals surface area contributed by atoms with Crippen LogP contribution >= 0.6 is 0 Å². The first-order valence-corrected chi connectivity index (χ1v) is 7.28. The predicted octanol–water partition coefficient (Wildman–Crippen LogP) is 1.75. The van der Waals surface area contributed by atoms with Crippen molar-refractivity contribution in [3.63, 3.8) is 0 Å². The normalized spacial score (nSPS) is 19.3. The average Bonchev–Trinajstić information content (AvgIpc) is 2.86. The van der Waals surface area contributed by atoms with Gasteiger partial charge in [-0.05, 0) is 25.9 Å². The van der Waals surface area contributed by atoms with Crippen molar-refractivity contribution in [3.05, 3.63) is 11.6 Å². The Bertz CT molecular complexity index is 471. The summed E-state index contributed by atoms with van der Waals surface area (Å²) in [6.07, 6.45) is -4.43. The van der Waals surface area contributed by atoms with Crippen molar-refractivity contribution in [2.45, 2.75) is 46.1 Å². The molecule has 2 unspecified atom stereocenters. The molecule has 0 radical (unpaired) electrons.